The SMILES string of the molecule is CCN(CC)C(N)=NCc1ncc(-c2ccc(C)cc2)o1.I. The van der Waals surface area contributed by atoms with Crippen LogP contribution in [0.3, 0.4) is 0 Å². The van der Waals surface area contributed by atoms with E-state index in [0.717, 1.165) is 24.4 Å². The van der Waals surface area contributed by atoms with E-state index in [1.807, 2.05) is 43.0 Å². The Balaban J connectivity index is 0.00000242. The first-order valence-electron chi connectivity index (χ1n) is 7.20. The number of halogens is 1. The average molecular weight is 414 g/mol. The number of aryl methyl sites for hydroxylation is 1. The lowest BCUT2D eigenvalue weighted by Gasteiger charge is -2.18. The zero-order chi connectivity index (χ0) is 15.2. The number of oxazole rings is 1. The Morgan fingerprint density at radius 3 is 2.45 bits per heavy atom. The lowest BCUT2D eigenvalue weighted by molar-refractivity contribution is 0.453. The number of aromatic nitrogens is 1. The fourth-order valence-corrected chi connectivity index (χ4v) is 2.03. The van der Waals surface area contributed by atoms with Crippen molar-refractivity contribution in [2.24, 2.45) is 10.7 Å². The first-order valence-corrected chi connectivity index (χ1v) is 7.20. The van der Waals surface area contributed by atoms with E-state index in [-0.39, 0.29) is 24.0 Å². The molecular weight excluding hydrogens is 391 g/mol. The maximum Gasteiger partial charge on any atom is 0.216 e. The molecule has 0 amide bonds. The summed E-state index contributed by atoms with van der Waals surface area (Å²) in [7, 11) is 0. The summed E-state index contributed by atoms with van der Waals surface area (Å²) in [5.41, 5.74) is 8.16. The molecule has 0 spiro atoms. The summed E-state index contributed by atoms with van der Waals surface area (Å²) >= 11 is 0. The summed E-state index contributed by atoms with van der Waals surface area (Å²) < 4.78 is 5.71. The Kier molecular flexibility index (Phi) is 7.37. The van der Waals surface area contributed by atoms with Gasteiger partial charge in [0, 0.05) is 18.7 Å². The molecule has 0 saturated carbocycles. The lowest BCUT2D eigenvalue weighted by atomic mass is 10.1. The summed E-state index contributed by atoms with van der Waals surface area (Å²) in [6.07, 6.45) is 1.73. The van der Waals surface area contributed by atoms with Crippen LogP contribution < -0.4 is 5.73 Å². The van der Waals surface area contributed by atoms with Gasteiger partial charge in [-0.1, -0.05) is 29.8 Å². The largest absolute Gasteiger partial charge is 0.439 e. The van der Waals surface area contributed by atoms with Crippen LogP contribution in [0, 0.1) is 6.92 Å². The van der Waals surface area contributed by atoms with Crippen molar-refractivity contribution in [3.63, 3.8) is 0 Å². The fourth-order valence-electron chi connectivity index (χ4n) is 2.03. The van der Waals surface area contributed by atoms with Crippen LogP contribution in [-0.2, 0) is 6.54 Å². The highest BCUT2D eigenvalue weighted by molar-refractivity contribution is 14.0. The van der Waals surface area contributed by atoms with Crippen molar-refractivity contribution in [1.82, 2.24) is 9.88 Å². The van der Waals surface area contributed by atoms with Crippen molar-refractivity contribution in [2.75, 3.05) is 13.1 Å². The molecule has 5 nitrogen and oxygen atoms in total. The minimum absolute atomic E-state index is 0. The normalized spacial score (nSPS) is 11.1. The molecule has 1 heterocycles. The molecule has 0 aliphatic rings. The van der Waals surface area contributed by atoms with Gasteiger partial charge in [-0.3, -0.25) is 0 Å². The van der Waals surface area contributed by atoms with Gasteiger partial charge in [0.25, 0.3) is 0 Å². The van der Waals surface area contributed by atoms with E-state index in [4.69, 9.17) is 10.2 Å². The summed E-state index contributed by atoms with van der Waals surface area (Å²) in [6, 6.07) is 8.14. The van der Waals surface area contributed by atoms with Crippen molar-refractivity contribution in [2.45, 2.75) is 27.3 Å². The fraction of sp³-hybridized carbons (Fsp3) is 0.375. The molecule has 0 radical (unpaired) electrons. The minimum atomic E-state index is 0. The molecule has 0 unspecified atom stereocenters. The molecule has 1 aromatic heterocycles. The zero-order valence-corrected chi connectivity index (χ0v) is 15.6. The van der Waals surface area contributed by atoms with E-state index < -0.39 is 0 Å². The van der Waals surface area contributed by atoms with Gasteiger partial charge in [-0.2, -0.15) is 0 Å². The highest BCUT2D eigenvalue weighted by atomic mass is 127. The standard InChI is InChI=1S/C16H22N4O.HI/c1-4-20(5-2)16(17)19-11-15-18-10-14(21-15)13-8-6-12(3)7-9-13;/h6-10H,4-5,11H2,1-3H3,(H2,17,19);1H. The van der Waals surface area contributed by atoms with Gasteiger partial charge in [-0.25, -0.2) is 9.98 Å². The number of rotatable bonds is 5. The summed E-state index contributed by atoms with van der Waals surface area (Å²) in [5.74, 6) is 1.84. The number of hydrogen-bond donors (Lipinski definition) is 1. The van der Waals surface area contributed by atoms with E-state index in [9.17, 15) is 0 Å². The number of benzene rings is 1. The lowest BCUT2D eigenvalue weighted by Crippen LogP contribution is -2.37. The predicted octanol–water partition coefficient (Wildman–Crippen LogP) is 3.42. The first-order chi connectivity index (χ1) is 10.1. The molecule has 2 rings (SSSR count). The van der Waals surface area contributed by atoms with Crippen molar-refractivity contribution < 1.29 is 4.42 Å². The molecule has 120 valence electrons. The third-order valence-corrected chi connectivity index (χ3v) is 3.35. The van der Waals surface area contributed by atoms with E-state index >= 15 is 0 Å². The van der Waals surface area contributed by atoms with Crippen LogP contribution in [0.4, 0.5) is 0 Å². The molecule has 6 heteroatoms. The molecule has 2 N–H and O–H groups in total. The van der Waals surface area contributed by atoms with E-state index in [1.54, 1.807) is 6.20 Å². The molecule has 0 aliphatic carbocycles. The van der Waals surface area contributed by atoms with Gasteiger partial charge in [-0.15, -0.1) is 24.0 Å². The summed E-state index contributed by atoms with van der Waals surface area (Å²) in [6.45, 7) is 8.19. The van der Waals surface area contributed by atoms with Crippen LogP contribution in [0.5, 0.6) is 0 Å². The van der Waals surface area contributed by atoms with E-state index in [1.165, 1.54) is 5.56 Å². The quantitative estimate of drug-likeness (QED) is 0.463. The Labute approximate surface area is 148 Å². The van der Waals surface area contributed by atoms with Gasteiger partial charge in [0.2, 0.25) is 5.89 Å². The van der Waals surface area contributed by atoms with Gasteiger partial charge < -0.3 is 15.1 Å². The van der Waals surface area contributed by atoms with Crippen LogP contribution in [-0.4, -0.2) is 28.9 Å². The summed E-state index contributed by atoms with van der Waals surface area (Å²) in [5, 5.41) is 0. The van der Waals surface area contributed by atoms with E-state index in [0.29, 0.717) is 18.4 Å². The maximum atomic E-state index is 5.93. The minimum Gasteiger partial charge on any atom is -0.439 e. The summed E-state index contributed by atoms with van der Waals surface area (Å²) in [4.78, 5) is 10.6. The van der Waals surface area contributed by atoms with Gasteiger partial charge in [0.1, 0.15) is 6.54 Å². The van der Waals surface area contributed by atoms with Crippen molar-refractivity contribution in [1.29, 1.82) is 0 Å². The van der Waals surface area contributed by atoms with Crippen LogP contribution in [0.2, 0.25) is 0 Å². The second-order valence-corrected chi connectivity index (χ2v) is 4.83. The third kappa shape index (κ3) is 4.72. The second kappa shape index (κ2) is 8.77. The third-order valence-electron chi connectivity index (χ3n) is 3.35. The number of nitrogens with zero attached hydrogens (tertiary/aromatic N) is 3. The molecule has 1 aromatic carbocycles. The predicted molar refractivity (Wildman–Crippen MR) is 100 cm³/mol. The van der Waals surface area contributed by atoms with Crippen molar-refractivity contribution >= 4 is 29.9 Å². The van der Waals surface area contributed by atoms with Gasteiger partial charge in [0.15, 0.2) is 11.7 Å². The van der Waals surface area contributed by atoms with Gasteiger partial charge >= 0.3 is 0 Å². The average Bonchev–Trinajstić information content (AvgIpc) is 2.96. The monoisotopic (exact) mass is 414 g/mol. The van der Waals surface area contributed by atoms with Gasteiger partial charge in [0.05, 0.1) is 6.20 Å². The Morgan fingerprint density at radius 1 is 1.23 bits per heavy atom. The van der Waals surface area contributed by atoms with Crippen LogP contribution in [0.15, 0.2) is 39.9 Å². The highest BCUT2D eigenvalue weighted by Crippen LogP contribution is 2.20. The van der Waals surface area contributed by atoms with E-state index in [2.05, 4.69) is 16.9 Å². The molecule has 0 atom stereocenters. The van der Waals surface area contributed by atoms with Crippen LogP contribution >= 0.6 is 24.0 Å². The Hall–Kier alpha value is -1.57. The van der Waals surface area contributed by atoms with Gasteiger partial charge in [-0.05, 0) is 20.8 Å². The number of guanidine groups is 1. The van der Waals surface area contributed by atoms with Crippen LogP contribution in [0.1, 0.15) is 25.3 Å². The van der Waals surface area contributed by atoms with Crippen molar-refractivity contribution in [3.05, 3.63) is 41.9 Å². The first kappa shape index (κ1) is 18.5. The molecule has 22 heavy (non-hydrogen) atoms. The van der Waals surface area contributed by atoms with Crippen LogP contribution in [0.25, 0.3) is 11.3 Å². The maximum absolute atomic E-state index is 5.93. The molecule has 0 saturated heterocycles. The molecule has 2 aromatic rings. The molecule has 0 aliphatic heterocycles. The number of aliphatic imine (C=N–C) groups is 1. The highest BCUT2D eigenvalue weighted by Gasteiger charge is 2.07. The smallest absolute Gasteiger partial charge is 0.216 e. The molecule has 0 fully saturated rings. The molecule has 0 bridgehead atoms. The topological polar surface area (TPSA) is 67.7 Å². The molecular formula is C16H23IN4O. The van der Waals surface area contributed by atoms with Crippen molar-refractivity contribution in [3.8, 4) is 11.3 Å². The Morgan fingerprint density at radius 2 is 1.86 bits per heavy atom. The zero-order valence-electron chi connectivity index (χ0n) is 13.2. The number of nitrogens with two attached hydrogens (primary N) is 1. The number of hydrogen-bond acceptors (Lipinski definition) is 3. The Bertz CT molecular complexity index is 603. The second-order valence-electron chi connectivity index (χ2n) is 4.83.